The van der Waals surface area contributed by atoms with Gasteiger partial charge in [0.25, 0.3) is 0 Å². The number of rotatable bonds is 5. The first-order valence-electron chi connectivity index (χ1n) is 4.91. The number of nitrogens with two attached hydrogens (primary N) is 1. The SMILES string of the molecule is COP(N)(=S)Oc1ncc(Cl)c(OC(C)C)c1Cl. The largest absolute Gasteiger partial charge is 0.488 e. The molecule has 2 N–H and O–H groups in total. The third-order valence-corrected chi connectivity index (χ3v) is 3.93. The monoisotopic (exact) mass is 330 g/mol. The second-order valence-corrected chi connectivity index (χ2v) is 7.47. The summed E-state index contributed by atoms with van der Waals surface area (Å²) in [6.45, 7) is 0.783. The molecular weight excluding hydrogens is 318 g/mol. The van der Waals surface area contributed by atoms with Crippen LogP contribution in [0.15, 0.2) is 6.20 Å². The van der Waals surface area contributed by atoms with Gasteiger partial charge in [0.05, 0.1) is 12.3 Å². The molecule has 1 unspecified atom stereocenters. The summed E-state index contributed by atoms with van der Waals surface area (Å²) < 4.78 is 15.6. The first-order valence-corrected chi connectivity index (χ1v) is 8.37. The maximum Gasteiger partial charge on any atom is 0.311 e. The molecule has 18 heavy (non-hydrogen) atoms. The zero-order valence-corrected chi connectivity index (χ0v) is 13.2. The average Bonchev–Trinajstić information content (AvgIpc) is 2.28. The summed E-state index contributed by atoms with van der Waals surface area (Å²) in [7, 11) is 1.36. The smallest absolute Gasteiger partial charge is 0.311 e. The minimum absolute atomic E-state index is 0.0457. The molecule has 0 fully saturated rings. The van der Waals surface area contributed by atoms with E-state index in [2.05, 4.69) is 4.98 Å². The van der Waals surface area contributed by atoms with E-state index >= 15 is 0 Å². The second-order valence-electron chi connectivity index (χ2n) is 3.53. The summed E-state index contributed by atoms with van der Waals surface area (Å²) in [5.74, 6) is 0.328. The molecule has 1 heterocycles. The number of pyridine rings is 1. The minimum Gasteiger partial charge on any atom is -0.488 e. The Hall–Kier alpha value is -0.100. The van der Waals surface area contributed by atoms with Crippen LogP contribution in [0.4, 0.5) is 0 Å². The molecule has 0 aliphatic rings. The Labute approximate surface area is 121 Å². The molecule has 0 saturated heterocycles. The predicted molar refractivity (Wildman–Crippen MR) is 76.1 cm³/mol. The molecular formula is C9H13Cl2N2O3PS. The average molecular weight is 331 g/mol. The standard InChI is InChI=1S/C9H13Cl2N2O3PS/c1-5(2)15-8-6(10)4-13-9(7(8)11)16-17(12,18)14-3/h4-5H,1-3H3,(H2,12,18). The van der Waals surface area contributed by atoms with Crippen LogP contribution < -0.4 is 14.8 Å². The van der Waals surface area contributed by atoms with E-state index in [1.54, 1.807) is 0 Å². The van der Waals surface area contributed by atoms with Crippen molar-refractivity contribution in [3.8, 4) is 11.6 Å². The van der Waals surface area contributed by atoms with E-state index in [1.807, 2.05) is 13.8 Å². The van der Waals surface area contributed by atoms with Gasteiger partial charge < -0.3 is 13.8 Å². The van der Waals surface area contributed by atoms with Gasteiger partial charge in [0.15, 0.2) is 5.75 Å². The van der Waals surface area contributed by atoms with E-state index < -0.39 is 6.64 Å². The maximum absolute atomic E-state index is 6.08. The maximum atomic E-state index is 6.08. The van der Waals surface area contributed by atoms with Crippen LogP contribution >= 0.6 is 29.8 Å². The molecule has 0 spiro atoms. The molecule has 0 amide bonds. The lowest BCUT2D eigenvalue weighted by molar-refractivity contribution is 0.241. The third-order valence-electron chi connectivity index (χ3n) is 1.72. The van der Waals surface area contributed by atoms with Gasteiger partial charge in [-0.05, 0) is 25.7 Å². The lowest BCUT2D eigenvalue weighted by Gasteiger charge is -2.18. The van der Waals surface area contributed by atoms with Gasteiger partial charge in [-0.3, -0.25) is 0 Å². The number of halogens is 2. The van der Waals surface area contributed by atoms with Crippen molar-refractivity contribution in [3.63, 3.8) is 0 Å². The van der Waals surface area contributed by atoms with E-state index in [9.17, 15) is 0 Å². The van der Waals surface area contributed by atoms with E-state index in [0.29, 0.717) is 0 Å². The lowest BCUT2D eigenvalue weighted by atomic mass is 10.4. The molecule has 1 atom stereocenters. The van der Waals surface area contributed by atoms with Crippen molar-refractivity contribution >= 4 is 41.7 Å². The fourth-order valence-electron chi connectivity index (χ4n) is 0.998. The van der Waals surface area contributed by atoms with Crippen LogP contribution in [0.2, 0.25) is 10.0 Å². The molecule has 102 valence electrons. The highest BCUT2D eigenvalue weighted by atomic mass is 35.5. The fraction of sp³-hybridized carbons (Fsp3) is 0.444. The minimum atomic E-state index is -2.90. The summed E-state index contributed by atoms with van der Waals surface area (Å²) in [5, 5.41) is 0.400. The van der Waals surface area contributed by atoms with Gasteiger partial charge in [0.2, 0.25) is 5.88 Å². The van der Waals surface area contributed by atoms with Crippen LogP contribution in [-0.2, 0) is 16.3 Å². The highest BCUT2D eigenvalue weighted by Crippen LogP contribution is 2.45. The van der Waals surface area contributed by atoms with Gasteiger partial charge in [0, 0.05) is 7.11 Å². The van der Waals surface area contributed by atoms with Crippen LogP contribution in [0, 0.1) is 0 Å². The molecule has 1 aromatic rings. The zero-order chi connectivity index (χ0) is 13.9. The van der Waals surface area contributed by atoms with Gasteiger partial charge in [0.1, 0.15) is 10.0 Å². The Morgan fingerprint density at radius 3 is 2.56 bits per heavy atom. The van der Waals surface area contributed by atoms with Crippen molar-refractivity contribution in [1.82, 2.24) is 4.98 Å². The summed E-state index contributed by atoms with van der Waals surface area (Å²) >= 11 is 17.0. The molecule has 0 aromatic carbocycles. The third kappa shape index (κ3) is 4.23. The van der Waals surface area contributed by atoms with Crippen LogP contribution in [0.3, 0.4) is 0 Å². The van der Waals surface area contributed by atoms with E-state index in [0.717, 1.165) is 0 Å². The van der Waals surface area contributed by atoms with Crippen LogP contribution in [0.1, 0.15) is 13.8 Å². The quantitative estimate of drug-likeness (QED) is 0.835. The number of nitrogens with zero attached hydrogens (tertiary/aromatic N) is 1. The van der Waals surface area contributed by atoms with Crippen molar-refractivity contribution < 1.29 is 13.8 Å². The Balaban J connectivity index is 3.12. The molecule has 0 aliphatic heterocycles. The first-order chi connectivity index (χ1) is 8.26. The van der Waals surface area contributed by atoms with Gasteiger partial charge in [-0.1, -0.05) is 23.2 Å². The summed E-state index contributed by atoms with van der Waals surface area (Å²) in [5.41, 5.74) is 5.62. The van der Waals surface area contributed by atoms with E-state index in [1.165, 1.54) is 13.3 Å². The normalized spacial score (nSPS) is 14.4. The van der Waals surface area contributed by atoms with Crippen LogP contribution in [0.5, 0.6) is 11.6 Å². The highest BCUT2D eigenvalue weighted by Gasteiger charge is 2.21. The van der Waals surface area contributed by atoms with Crippen molar-refractivity contribution in [2.75, 3.05) is 7.11 Å². The number of hydrogen-bond donors (Lipinski definition) is 1. The molecule has 1 aromatic heterocycles. The lowest BCUT2D eigenvalue weighted by Crippen LogP contribution is -2.09. The predicted octanol–water partition coefficient (Wildman–Crippen LogP) is 3.38. The Morgan fingerprint density at radius 2 is 2.06 bits per heavy atom. The highest BCUT2D eigenvalue weighted by molar-refractivity contribution is 8.08. The molecule has 5 nitrogen and oxygen atoms in total. The molecule has 0 bridgehead atoms. The first kappa shape index (κ1) is 16.0. The van der Waals surface area contributed by atoms with E-state index in [4.69, 9.17) is 54.3 Å². The van der Waals surface area contributed by atoms with Crippen molar-refractivity contribution in [2.45, 2.75) is 20.0 Å². The Bertz CT molecular complexity index is 487. The molecule has 1 rings (SSSR count). The summed E-state index contributed by atoms with van der Waals surface area (Å²) in [4.78, 5) is 3.91. The molecule has 0 saturated carbocycles. The van der Waals surface area contributed by atoms with Crippen molar-refractivity contribution in [2.24, 2.45) is 5.50 Å². The molecule has 0 radical (unpaired) electrons. The summed E-state index contributed by atoms with van der Waals surface area (Å²) in [6.07, 6.45) is 1.25. The second kappa shape index (κ2) is 6.37. The molecule has 0 aliphatic carbocycles. The number of ether oxygens (including phenoxy) is 1. The molecule has 9 heteroatoms. The zero-order valence-electron chi connectivity index (χ0n) is 10.0. The number of hydrogen-bond acceptors (Lipinski definition) is 5. The Morgan fingerprint density at radius 1 is 1.44 bits per heavy atom. The number of aromatic nitrogens is 1. The van der Waals surface area contributed by atoms with Gasteiger partial charge >= 0.3 is 6.64 Å². The summed E-state index contributed by atoms with van der Waals surface area (Å²) in [6, 6.07) is 0. The van der Waals surface area contributed by atoms with Gasteiger partial charge in [-0.2, -0.15) is 0 Å². The van der Waals surface area contributed by atoms with Gasteiger partial charge in [-0.15, -0.1) is 0 Å². The van der Waals surface area contributed by atoms with Crippen LogP contribution in [-0.4, -0.2) is 18.2 Å². The fourth-order valence-corrected chi connectivity index (χ4v) is 2.19. The Kier molecular flexibility index (Phi) is 5.65. The van der Waals surface area contributed by atoms with Crippen molar-refractivity contribution in [1.29, 1.82) is 0 Å². The topological polar surface area (TPSA) is 66.6 Å². The van der Waals surface area contributed by atoms with E-state index in [-0.39, 0.29) is 27.8 Å². The van der Waals surface area contributed by atoms with Crippen molar-refractivity contribution in [3.05, 3.63) is 16.2 Å². The van der Waals surface area contributed by atoms with Crippen LogP contribution in [0.25, 0.3) is 0 Å². The van der Waals surface area contributed by atoms with Gasteiger partial charge in [-0.25, -0.2) is 10.5 Å².